The quantitative estimate of drug-likeness (QED) is 0.792. The first-order chi connectivity index (χ1) is 9.27. The van der Waals surface area contributed by atoms with Crippen LogP contribution in [0.2, 0.25) is 0 Å². The molecule has 20 heavy (non-hydrogen) atoms. The summed E-state index contributed by atoms with van der Waals surface area (Å²) < 4.78 is 28.9. The van der Waals surface area contributed by atoms with Gasteiger partial charge in [-0.3, -0.25) is 4.90 Å². The van der Waals surface area contributed by atoms with E-state index in [0.29, 0.717) is 38.6 Å². The molecule has 0 spiro atoms. The van der Waals surface area contributed by atoms with Crippen LogP contribution in [-0.2, 0) is 10.2 Å². The summed E-state index contributed by atoms with van der Waals surface area (Å²) in [6.45, 7) is 7.86. The topological polar surface area (TPSA) is 69.9 Å². The van der Waals surface area contributed by atoms with Gasteiger partial charge in [-0.15, -0.1) is 0 Å². The Morgan fingerprint density at radius 1 is 1.20 bits per heavy atom. The lowest BCUT2D eigenvalue weighted by Gasteiger charge is -2.46. The zero-order valence-corrected chi connectivity index (χ0v) is 13.7. The largest absolute Gasteiger partial charge is 0.330 e. The Kier molecular flexibility index (Phi) is 4.76. The zero-order valence-electron chi connectivity index (χ0n) is 12.9. The van der Waals surface area contributed by atoms with Crippen LogP contribution in [0.15, 0.2) is 0 Å². The molecule has 0 radical (unpaired) electrons. The summed E-state index contributed by atoms with van der Waals surface area (Å²) in [6.07, 6.45) is 1.95. The predicted octanol–water partition coefficient (Wildman–Crippen LogP) is -0.0721. The SMILES string of the molecule is CN1CCN(S(=O)(=O)N2CCCC(CN)C2)CC1(C)C. The zero-order chi connectivity index (χ0) is 15.0. The fourth-order valence-corrected chi connectivity index (χ4v) is 4.86. The number of nitrogens with two attached hydrogens (primary N) is 1. The van der Waals surface area contributed by atoms with Gasteiger partial charge >= 0.3 is 0 Å². The van der Waals surface area contributed by atoms with E-state index in [0.717, 1.165) is 19.4 Å². The molecule has 0 saturated carbocycles. The number of rotatable bonds is 3. The molecule has 2 aliphatic rings. The smallest absolute Gasteiger partial charge is 0.282 e. The molecule has 2 N–H and O–H groups in total. The average Bonchev–Trinajstić information content (AvgIpc) is 2.41. The van der Waals surface area contributed by atoms with Crippen molar-refractivity contribution >= 4 is 10.2 Å². The van der Waals surface area contributed by atoms with Crippen LogP contribution in [0.5, 0.6) is 0 Å². The van der Waals surface area contributed by atoms with E-state index in [1.807, 2.05) is 0 Å². The molecule has 2 aliphatic heterocycles. The maximum Gasteiger partial charge on any atom is 0.282 e. The second kappa shape index (κ2) is 5.88. The average molecular weight is 304 g/mol. The second-order valence-corrected chi connectivity index (χ2v) is 8.61. The van der Waals surface area contributed by atoms with Crippen molar-refractivity contribution in [3.05, 3.63) is 0 Å². The van der Waals surface area contributed by atoms with Gasteiger partial charge in [0.2, 0.25) is 0 Å². The molecular weight excluding hydrogens is 276 g/mol. The molecule has 0 aromatic heterocycles. The number of nitrogens with zero attached hydrogens (tertiary/aromatic N) is 3. The van der Waals surface area contributed by atoms with E-state index in [-0.39, 0.29) is 5.54 Å². The summed E-state index contributed by atoms with van der Waals surface area (Å²) in [7, 11) is -1.29. The van der Waals surface area contributed by atoms with Gasteiger partial charge in [0.15, 0.2) is 0 Å². The Balaban J connectivity index is 2.10. The highest BCUT2D eigenvalue weighted by molar-refractivity contribution is 7.86. The maximum absolute atomic E-state index is 12.8. The van der Waals surface area contributed by atoms with E-state index in [2.05, 4.69) is 25.8 Å². The molecule has 0 aliphatic carbocycles. The molecule has 0 aromatic carbocycles. The molecule has 2 heterocycles. The van der Waals surface area contributed by atoms with Crippen molar-refractivity contribution in [2.45, 2.75) is 32.2 Å². The highest BCUT2D eigenvalue weighted by atomic mass is 32.2. The lowest BCUT2D eigenvalue weighted by molar-refractivity contribution is 0.0755. The molecule has 2 rings (SSSR count). The Morgan fingerprint density at radius 2 is 1.90 bits per heavy atom. The van der Waals surface area contributed by atoms with Gasteiger partial charge in [-0.05, 0) is 46.2 Å². The number of piperazine rings is 1. The minimum absolute atomic E-state index is 0.117. The van der Waals surface area contributed by atoms with Crippen molar-refractivity contribution in [1.29, 1.82) is 0 Å². The minimum Gasteiger partial charge on any atom is -0.330 e. The van der Waals surface area contributed by atoms with Crippen LogP contribution in [0.3, 0.4) is 0 Å². The fraction of sp³-hybridized carbons (Fsp3) is 1.00. The monoisotopic (exact) mass is 304 g/mol. The van der Waals surface area contributed by atoms with Crippen LogP contribution in [0, 0.1) is 5.92 Å². The van der Waals surface area contributed by atoms with Crippen molar-refractivity contribution in [3.63, 3.8) is 0 Å². The number of likely N-dealkylation sites (N-methyl/N-ethyl adjacent to an activating group) is 1. The summed E-state index contributed by atoms with van der Waals surface area (Å²) >= 11 is 0. The standard InChI is InChI=1S/C13H28N4O2S/c1-13(2)11-17(8-7-15(13)3)20(18,19)16-6-4-5-12(9-14)10-16/h12H,4-11,14H2,1-3H3. The molecule has 2 fully saturated rings. The molecule has 0 amide bonds. The van der Waals surface area contributed by atoms with E-state index < -0.39 is 10.2 Å². The lowest BCUT2D eigenvalue weighted by atomic mass is 10.0. The third-order valence-electron chi connectivity index (χ3n) is 4.75. The van der Waals surface area contributed by atoms with Crippen LogP contribution in [0.4, 0.5) is 0 Å². The number of hydrogen-bond donors (Lipinski definition) is 1. The van der Waals surface area contributed by atoms with Crippen molar-refractivity contribution in [2.75, 3.05) is 46.3 Å². The lowest BCUT2D eigenvalue weighted by Crippen LogP contribution is -2.61. The Labute approximate surface area is 123 Å². The number of hydrogen-bond acceptors (Lipinski definition) is 4. The molecule has 118 valence electrons. The van der Waals surface area contributed by atoms with Gasteiger partial charge in [0.25, 0.3) is 10.2 Å². The van der Waals surface area contributed by atoms with E-state index in [1.54, 1.807) is 8.61 Å². The van der Waals surface area contributed by atoms with Crippen molar-refractivity contribution < 1.29 is 8.42 Å². The Bertz CT molecular complexity index is 438. The van der Waals surface area contributed by atoms with E-state index in [9.17, 15) is 8.42 Å². The van der Waals surface area contributed by atoms with Gasteiger partial charge in [-0.25, -0.2) is 0 Å². The highest BCUT2D eigenvalue weighted by Gasteiger charge is 2.40. The van der Waals surface area contributed by atoms with Gasteiger partial charge in [0, 0.05) is 38.3 Å². The second-order valence-electron chi connectivity index (χ2n) is 6.68. The minimum atomic E-state index is -3.34. The molecule has 2 saturated heterocycles. The van der Waals surface area contributed by atoms with Crippen molar-refractivity contribution in [2.24, 2.45) is 11.7 Å². The predicted molar refractivity (Wildman–Crippen MR) is 80.6 cm³/mol. The van der Waals surface area contributed by atoms with Crippen LogP contribution in [0.1, 0.15) is 26.7 Å². The molecular formula is C13H28N4O2S. The van der Waals surface area contributed by atoms with Gasteiger partial charge in [0.1, 0.15) is 0 Å². The van der Waals surface area contributed by atoms with Gasteiger partial charge < -0.3 is 5.73 Å². The van der Waals surface area contributed by atoms with Crippen molar-refractivity contribution in [3.8, 4) is 0 Å². The van der Waals surface area contributed by atoms with Gasteiger partial charge in [-0.2, -0.15) is 17.0 Å². The first kappa shape index (κ1) is 16.2. The number of piperidine rings is 1. The summed E-state index contributed by atoms with van der Waals surface area (Å²) in [5.74, 6) is 0.305. The summed E-state index contributed by atoms with van der Waals surface area (Å²) in [4.78, 5) is 2.22. The van der Waals surface area contributed by atoms with Crippen LogP contribution >= 0.6 is 0 Å². The van der Waals surface area contributed by atoms with Crippen molar-refractivity contribution in [1.82, 2.24) is 13.5 Å². The highest BCUT2D eigenvalue weighted by Crippen LogP contribution is 2.25. The summed E-state index contributed by atoms with van der Waals surface area (Å²) in [6, 6.07) is 0. The third kappa shape index (κ3) is 3.17. The molecule has 0 aromatic rings. The fourth-order valence-electron chi connectivity index (χ4n) is 2.98. The van der Waals surface area contributed by atoms with E-state index >= 15 is 0 Å². The van der Waals surface area contributed by atoms with E-state index in [1.165, 1.54) is 0 Å². The normalized spacial score (nSPS) is 30.5. The molecule has 1 unspecified atom stereocenters. The summed E-state index contributed by atoms with van der Waals surface area (Å²) in [5.41, 5.74) is 5.59. The Morgan fingerprint density at radius 3 is 2.50 bits per heavy atom. The molecule has 0 bridgehead atoms. The Hall–Kier alpha value is -0.210. The first-order valence-corrected chi connectivity index (χ1v) is 8.83. The van der Waals surface area contributed by atoms with Gasteiger partial charge in [0.05, 0.1) is 0 Å². The van der Waals surface area contributed by atoms with Gasteiger partial charge in [-0.1, -0.05) is 0 Å². The molecule has 6 nitrogen and oxygen atoms in total. The van der Waals surface area contributed by atoms with Crippen LogP contribution < -0.4 is 5.73 Å². The third-order valence-corrected chi connectivity index (χ3v) is 6.70. The maximum atomic E-state index is 12.8. The van der Waals surface area contributed by atoms with E-state index in [4.69, 9.17) is 5.73 Å². The molecule has 7 heteroatoms. The first-order valence-electron chi connectivity index (χ1n) is 7.44. The summed E-state index contributed by atoms with van der Waals surface area (Å²) in [5, 5.41) is 0. The molecule has 1 atom stereocenters. The van der Waals surface area contributed by atoms with Crippen LogP contribution in [-0.4, -0.2) is 73.8 Å². The van der Waals surface area contributed by atoms with Crippen LogP contribution in [0.25, 0.3) is 0 Å².